The summed E-state index contributed by atoms with van der Waals surface area (Å²) < 4.78 is 0. The molecule has 2 rings (SSSR count). The first-order valence-electron chi connectivity index (χ1n) is 5.09. The van der Waals surface area contributed by atoms with Crippen LogP contribution in [0, 0.1) is 5.92 Å². The van der Waals surface area contributed by atoms with Crippen molar-refractivity contribution in [1.82, 2.24) is 10.3 Å². The molecule has 2 nitrogen and oxygen atoms in total. The molecular formula is C11H15ClN2. The van der Waals surface area contributed by atoms with E-state index in [-0.39, 0.29) is 0 Å². The van der Waals surface area contributed by atoms with E-state index in [9.17, 15) is 0 Å². The molecule has 1 heterocycles. The van der Waals surface area contributed by atoms with E-state index in [4.69, 9.17) is 11.6 Å². The summed E-state index contributed by atoms with van der Waals surface area (Å²) in [5.74, 6) is 0.889. The van der Waals surface area contributed by atoms with Gasteiger partial charge in [0.05, 0.1) is 5.69 Å². The molecule has 1 aromatic heterocycles. The zero-order valence-electron chi connectivity index (χ0n) is 8.33. The third-order valence-corrected chi connectivity index (χ3v) is 2.93. The van der Waals surface area contributed by atoms with E-state index in [0.29, 0.717) is 11.2 Å². The van der Waals surface area contributed by atoms with Gasteiger partial charge in [0, 0.05) is 12.6 Å². The lowest BCUT2D eigenvalue weighted by Gasteiger charge is -2.33. The van der Waals surface area contributed by atoms with Crippen LogP contribution in [0.1, 0.15) is 25.5 Å². The summed E-state index contributed by atoms with van der Waals surface area (Å²) in [7, 11) is 0. The number of pyridine rings is 1. The van der Waals surface area contributed by atoms with E-state index in [0.717, 1.165) is 18.2 Å². The Kier molecular flexibility index (Phi) is 3.04. The van der Waals surface area contributed by atoms with Gasteiger partial charge >= 0.3 is 0 Å². The predicted octanol–water partition coefficient (Wildman–Crippen LogP) is 2.62. The van der Waals surface area contributed by atoms with Gasteiger partial charge in [-0.2, -0.15) is 0 Å². The largest absolute Gasteiger partial charge is 0.308 e. The Morgan fingerprint density at radius 2 is 2.29 bits per heavy atom. The van der Waals surface area contributed by atoms with Crippen molar-refractivity contribution >= 4 is 11.6 Å². The lowest BCUT2D eigenvalue weighted by atomic mass is 9.82. The van der Waals surface area contributed by atoms with Crippen LogP contribution in [0.2, 0.25) is 5.15 Å². The van der Waals surface area contributed by atoms with Crippen LogP contribution in [-0.2, 0) is 6.54 Å². The molecular weight excluding hydrogens is 196 g/mol. The van der Waals surface area contributed by atoms with Crippen molar-refractivity contribution in [1.29, 1.82) is 0 Å². The molecule has 0 unspecified atom stereocenters. The highest BCUT2D eigenvalue weighted by atomic mass is 35.5. The van der Waals surface area contributed by atoms with Gasteiger partial charge in [0.1, 0.15) is 5.15 Å². The van der Waals surface area contributed by atoms with Gasteiger partial charge in [0.25, 0.3) is 0 Å². The molecule has 1 N–H and O–H groups in total. The van der Waals surface area contributed by atoms with Gasteiger partial charge in [-0.25, -0.2) is 4.98 Å². The Bertz CT molecular complexity index is 308. The number of hydrogen-bond acceptors (Lipinski definition) is 2. The molecule has 76 valence electrons. The molecule has 1 aromatic rings. The van der Waals surface area contributed by atoms with Gasteiger partial charge in [0.15, 0.2) is 0 Å². The molecule has 0 saturated heterocycles. The normalized spacial score (nSPS) is 25.9. The second kappa shape index (κ2) is 4.28. The van der Waals surface area contributed by atoms with E-state index in [1.54, 1.807) is 6.07 Å². The molecule has 1 saturated carbocycles. The lowest BCUT2D eigenvalue weighted by molar-refractivity contribution is 0.239. The average molecular weight is 211 g/mol. The molecule has 0 atom stereocenters. The van der Waals surface area contributed by atoms with E-state index in [1.165, 1.54) is 12.8 Å². The second-order valence-corrected chi connectivity index (χ2v) is 4.49. The van der Waals surface area contributed by atoms with Crippen molar-refractivity contribution in [2.45, 2.75) is 32.4 Å². The molecule has 14 heavy (non-hydrogen) atoms. The maximum atomic E-state index is 5.79. The number of hydrogen-bond donors (Lipinski definition) is 1. The minimum atomic E-state index is 0.575. The fraction of sp³-hybridized carbons (Fsp3) is 0.545. The standard InChI is InChI=1S/C11H15ClN2/c1-8-5-10(6-8)13-7-9-3-2-4-11(12)14-9/h2-4,8,10,13H,5-7H2,1H3. The summed E-state index contributed by atoms with van der Waals surface area (Å²) in [5, 5.41) is 4.05. The summed E-state index contributed by atoms with van der Waals surface area (Å²) in [5.41, 5.74) is 1.03. The highest BCUT2D eigenvalue weighted by molar-refractivity contribution is 6.29. The van der Waals surface area contributed by atoms with Crippen LogP contribution in [0.5, 0.6) is 0 Å². The molecule has 0 spiro atoms. The number of halogens is 1. The topological polar surface area (TPSA) is 24.9 Å². The van der Waals surface area contributed by atoms with Crippen LogP contribution < -0.4 is 5.32 Å². The molecule has 1 aliphatic carbocycles. The van der Waals surface area contributed by atoms with Gasteiger partial charge in [-0.15, -0.1) is 0 Å². The monoisotopic (exact) mass is 210 g/mol. The Hall–Kier alpha value is -0.600. The van der Waals surface area contributed by atoms with Crippen molar-refractivity contribution in [3.8, 4) is 0 Å². The SMILES string of the molecule is CC1CC(NCc2cccc(Cl)n2)C1. The van der Waals surface area contributed by atoms with Gasteiger partial charge in [-0.3, -0.25) is 0 Å². The minimum Gasteiger partial charge on any atom is -0.308 e. The Labute approximate surface area is 89.7 Å². The summed E-state index contributed by atoms with van der Waals surface area (Å²) in [6.45, 7) is 3.12. The number of nitrogens with one attached hydrogen (secondary N) is 1. The molecule has 1 fully saturated rings. The van der Waals surface area contributed by atoms with Crippen LogP contribution in [0.3, 0.4) is 0 Å². The van der Waals surface area contributed by atoms with E-state index < -0.39 is 0 Å². The zero-order chi connectivity index (χ0) is 9.97. The summed E-state index contributed by atoms with van der Waals surface area (Å²) in [4.78, 5) is 4.23. The van der Waals surface area contributed by atoms with E-state index in [1.807, 2.05) is 12.1 Å². The van der Waals surface area contributed by atoms with Crippen molar-refractivity contribution in [3.05, 3.63) is 29.0 Å². The molecule has 1 aliphatic rings. The fourth-order valence-electron chi connectivity index (χ4n) is 1.87. The summed E-state index contributed by atoms with van der Waals surface area (Å²) in [6.07, 6.45) is 2.58. The highest BCUT2D eigenvalue weighted by Gasteiger charge is 2.24. The van der Waals surface area contributed by atoms with Gasteiger partial charge in [0.2, 0.25) is 0 Å². The first-order valence-corrected chi connectivity index (χ1v) is 5.46. The quantitative estimate of drug-likeness (QED) is 0.776. The van der Waals surface area contributed by atoms with Crippen molar-refractivity contribution in [2.24, 2.45) is 5.92 Å². The third kappa shape index (κ3) is 2.46. The summed E-state index contributed by atoms with van der Waals surface area (Å²) in [6, 6.07) is 6.43. The first kappa shape index (κ1) is 9.94. The van der Waals surface area contributed by atoms with Crippen molar-refractivity contribution in [2.75, 3.05) is 0 Å². The van der Waals surface area contributed by atoms with Gasteiger partial charge in [-0.1, -0.05) is 24.6 Å². The maximum Gasteiger partial charge on any atom is 0.129 e. The van der Waals surface area contributed by atoms with Crippen molar-refractivity contribution < 1.29 is 0 Å². The third-order valence-electron chi connectivity index (χ3n) is 2.72. The molecule has 0 aliphatic heterocycles. The second-order valence-electron chi connectivity index (χ2n) is 4.11. The van der Waals surface area contributed by atoms with Crippen molar-refractivity contribution in [3.63, 3.8) is 0 Å². The average Bonchev–Trinajstić information content (AvgIpc) is 2.11. The highest BCUT2D eigenvalue weighted by Crippen LogP contribution is 2.26. The first-order chi connectivity index (χ1) is 6.74. The fourth-order valence-corrected chi connectivity index (χ4v) is 2.05. The summed E-state index contributed by atoms with van der Waals surface area (Å²) >= 11 is 5.79. The molecule has 3 heteroatoms. The van der Waals surface area contributed by atoms with Gasteiger partial charge in [-0.05, 0) is 30.9 Å². The molecule has 0 radical (unpaired) electrons. The lowest BCUT2D eigenvalue weighted by Crippen LogP contribution is -2.39. The molecule has 0 aromatic carbocycles. The predicted molar refractivity (Wildman–Crippen MR) is 58.3 cm³/mol. The zero-order valence-corrected chi connectivity index (χ0v) is 9.09. The van der Waals surface area contributed by atoms with Crippen LogP contribution >= 0.6 is 11.6 Å². The Morgan fingerprint density at radius 1 is 1.50 bits per heavy atom. The van der Waals surface area contributed by atoms with Crippen LogP contribution in [-0.4, -0.2) is 11.0 Å². The van der Waals surface area contributed by atoms with E-state index in [2.05, 4.69) is 17.2 Å². The molecule has 0 bridgehead atoms. The van der Waals surface area contributed by atoms with E-state index >= 15 is 0 Å². The van der Waals surface area contributed by atoms with Crippen LogP contribution in [0.4, 0.5) is 0 Å². The van der Waals surface area contributed by atoms with Crippen LogP contribution in [0.15, 0.2) is 18.2 Å². The number of nitrogens with zero attached hydrogens (tertiary/aromatic N) is 1. The maximum absolute atomic E-state index is 5.79. The Morgan fingerprint density at radius 3 is 2.93 bits per heavy atom. The van der Waals surface area contributed by atoms with Gasteiger partial charge < -0.3 is 5.32 Å². The Balaban J connectivity index is 1.80. The smallest absolute Gasteiger partial charge is 0.129 e. The van der Waals surface area contributed by atoms with Crippen LogP contribution in [0.25, 0.3) is 0 Å². The number of rotatable bonds is 3. The molecule has 0 amide bonds. The number of aromatic nitrogens is 1. The minimum absolute atomic E-state index is 0.575.